The highest BCUT2D eigenvalue weighted by Gasteiger charge is 2.23. The first-order valence-corrected chi connectivity index (χ1v) is 11.3. The summed E-state index contributed by atoms with van der Waals surface area (Å²) < 4.78 is 7.79. The van der Waals surface area contributed by atoms with Crippen LogP contribution in [0.1, 0.15) is 36.1 Å². The summed E-state index contributed by atoms with van der Waals surface area (Å²) in [5.41, 5.74) is 0.498. The predicted octanol–water partition coefficient (Wildman–Crippen LogP) is 5.08. The molecular formula is C23H23ClN4O4S. The lowest BCUT2D eigenvalue weighted by molar-refractivity contribution is -0.115. The van der Waals surface area contributed by atoms with E-state index in [0.717, 1.165) is 0 Å². The topological polar surface area (TPSA) is 106 Å². The number of thioether (sulfide) groups is 1. The van der Waals surface area contributed by atoms with Crippen LogP contribution in [0.3, 0.4) is 0 Å². The number of halogens is 1. The molecule has 0 radical (unpaired) electrons. The second-order valence-electron chi connectivity index (χ2n) is 7.07. The Bertz CT molecular complexity index is 1170. The van der Waals surface area contributed by atoms with Crippen molar-refractivity contribution in [2.24, 2.45) is 0 Å². The SMILES string of the molecule is C=CCn1c(SC(C)C(=O)Nc2cccc(C(=O)O)c2)nnc1C(C)Oc1ccccc1Cl. The highest BCUT2D eigenvalue weighted by Crippen LogP contribution is 2.30. The van der Waals surface area contributed by atoms with E-state index in [4.69, 9.17) is 21.4 Å². The van der Waals surface area contributed by atoms with Crippen LogP contribution in [0.15, 0.2) is 66.3 Å². The van der Waals surface area contributed by atoms with Gasteiger partial charge in [-0.2, -0.15) is 0 Å². The number of aromatic carboxylic acids is 1. The zero-order chi connectivity index (χ0) is 24.0. The van der Waals surface area contributed by atoms with E-state index in [9.17, 15) is 9.59 Å². The first kappa shape index (κ1) is 24.3. The van der Waals surface area contributed by atoms with Crippen molar-refractivity contribution >= 4 is 40.9 Å². The highest BCUT2D eigenvalue weighted by atomic mass is 35.5. The summed E-state index contributed by atoms with van der Waals surface area (Å²) >= 11 is 7.42. The number of hydrogen-bond acceptors (Lipinski definition) is 6. The van der Waals surface area contributed by atoms with Gasteiger partial charge in [-0.25, -0.2) is 4.79 Å². The summed E-state index contributed by atoms with van der Waals surface area (Å²) in [4.78, 5) is 23.8. The van der Waals surface area contributed by atoms with Crippen LogP contribution >= 0.6 is 23.4 Å². The molecule has 0 saturated heterocycles. The molecule has 0 aliphatic carbocycles. The van der Waals surface area contributed by atoms with Crippen LogP contribution in [-0.2, 0) is 11.3 Å². The Morgan fingerprint density at radius 1 is 1.24 bits per heavy atom. The summed E-state index contributed by atoms with van der Waals surface area (Å²) in [5, 5.41) is 20.9. The number of carboxylic acids is 1. The van der Waals surface area contributed by atoms with E-state index in [1.54, 1.807) is 37.3 Å². The fourth-order valence-corrected chi connectivity index (χ4v) is 4.00. The van der Waals surface area contributed by atoms with Gasteiger partial charge in [0.25, 0.3) is 0 Å². The number of hydrogen-bond donors (Lipinski definition) is 2. The lowest BCUT2D eigenvalue weighted by Crippen LogP contribution is -2.23. The van der Waals surface area contributed by atoms with Gasteiger partial charge in [0.15, 0.2) is 17.1 Å². The third kappa shape index (κ3) is 6.15. The molecule has 2 N–H and O–H groups in total. The largest absolute Gasteiger partial charge is 0.481 e. The zero-order valence-electron chi connectivity index (χ0n) is 18.1. The van der Waals surface area contributed by atoms with E-state index < -0.39 is 17.3 Å². The number of carbonyl (C=O) groups excluding carboxylic acids is 1. The lowest BCUT2D eigenvalue weighted by Gasteiger charge is -2.17. The molecule has 0 fully saturated rings. The van der Waals surface area contributed by atoms with E-state index >= 15 is 0 Å². The maximum atomic E-state index is 12.7. The maximum absolute atomic E-state index is 12.7. The number of amides is 1. The third-order valence-corrected chi connectivity index (χ3v) is 5.98. The molecule has 33 heavy (non-hydrogen) atoms. The summed E-state index contributed by atoms with van der Waals surface area (Å²) in [7, 11) is 0. The monoisotopic (exact) mass is 486 g/mol. The van der Waals surface area contributed by atoms with Crippen molar-refractivity contribution < 1.29 is 19.4 Å². The van der Waals surface area contributed by atoms with E-state index in [-0.39, 0.29) is 11.5 Å². The number of carboxylic acid groups (broad SMARTS) is 1. The first-order chi connectivity index (χ1) is 15.8. The molecule has 1 heterocycles. The van der Waals surface area contributed by atoms with Crippen molar-refractivity contribution in [1.82, 2.24) is 14.8 Å². The molecule has 0 aliphatic heterocycles. The number of nitrogens with zero attached hydrogens (tertiary/aromatic N) is 3. The molecule has 2 atom stereocenters. The van der Waals surface area contributed by atoms with E-state index in [1.807, 2.05) is 23.6 Å². The van der Waals surface area contributed by atoms with Gasteiger partial charge >= 0.3 is 5.97 Å². The van der Waals surface area contributed by atoms with Gasteiger partial charge in [0.05, 0.1) is 15.8 Å². The second kappa shape index (κ2) is 11.0. The van der Waals surface area contributed by atoms with Crippen LogP contribution in [0.4, 0.5) is 5.69 Å². The zero-order valence-corrected chi connectivity index (χ0v) is 19.6. The van der Waals surface area contributed by atoms with Crippen LogP contribution in [0.5, 0.6) is 5.75 Å². The number of aromatic nitrogens is 3. The Labute approximate surface area is 200 Å². The molecule has 3 aromatic rings. The molecule has 0 aliphatic rings. The van der Waals surface area contributed by atoms with Crippen LogP contribution in [0.2, 0.25) is 5.02 Å². The van der Waals surface area contributed by atoms with Gasteiger partial charge in [0.1, 0.15) is 5.75 Å². The van der Waals surface area contributed by atoms with Gasteiger partial charge in [-0.1, -0.05) is 47.6 Å². The van der Waals surface area contributed by atoms with Crippen LogP contribution in [0, 0.1) is 0 Å². The molecule has 10 heteroatoms. The third-order valence-electron chi connectivity index (χ3n) is 4.59. The van der Waals surface area contributed by atoms with Gasteiger partial charge in [-0.15, -0.1) is 16.8 Å². The first-order valence-electron chi connectivity index (χ1n) is 10.1. The maximum Gasteiger partial charge on any atom is 0.335 e. The Morgan fingerprint density at radius 3 is 2.70 bits per heavy atom. The second-order valence-corrected chi connectivity index (χ2v) is 8.78. The van der Waals surface area contributed by atoms with Gasteiger partial charge < -0.3 is 15.2 Å². The Hall–Kier alpha value is -3.30. The molecule has 2 unspecified atom stereocenters. The standard InChI is InChI=1S/C23H23ClN4O4S/c1-4-12-28-20(14(2)32-19-11-6-5-10-18(19)24)26-27-23(28)33-15(3)21(29)25-17-9-7-8-16(13-17)22(30)31/h4-11,13-15H,1,12H2,2-3H3,(H,25,29)(H,30,31). The minimum Gasteiger partial charge on any atom is -0.481 e. The number of allylic oxidation sites excluding steroid dienone is 1. The van der Waals surface area contributed by atoms with Crippen LogP contribution in [-0.4, -0.2) is 37.0 Å². The lowest BCUT2D eigenvalue weighted by atomic mass is 10.2. The van der Waals surface area contributed by atoms with E-state index in [0.29, 0.717) is 34.0 Å². The number of benzene rings is 2. The van der Waals surface area contributed by atoms with Crippen molar-refractivity contribution in [3.63, 3.8) is 0 Å². The molecule has 172 valence electrons. The molecular weight excluding hydrogens is 464 g/mol. The number of anilines is 1. The van der Waals surface area contributed by atoms with Gasteiger partial charge in [0.2, 0.25) is 5.91 Å². The van der Waals surface area contributed by atoms with Crippen LogP contribution in [0.25, 0.3) is 0 Å². The van der Waals surface area contributed by atoms with E-state index in [2.05, 4.69) is 22.1 Å². The summed E-state index contributed by atoms with van der Waals surface area (Å²) in [6.07, 6.45) is 1.26. The average molecular weight is 487 g/mol. The average Bonchev–Trinajstić information content (AvgIpc) is 3.18. The summed E-state index contributed by atoms with van der Waals surface area (Å²) in [5.74, 6) is -0.256. The fraction of sp³-hybridized carbons (Fsp3) is 0.217. The quantitative estimate of drug-likeness (QED) is 0.304. The number of rotatable bonds is 10. The number of para-hydroxylation sites is 1. The fourth-order valence-electron chi connectivity index (χ4n) is 2.96. The van der Waals surface area contributed by atoms with Crippen molar-refractivity contribution in [1.29, 1.82) is 0 Å². The number of nitrogens with one attached hydrogen (secondary N) is 1. The highest BCUT2D eigenvalue weighted by molar-refractivity contribution is 8.00. The number of ether oxygens (including phenoxy) is 1. The molecule has 2 aromatic carbocycles. The van der Waals surface area contributed by atoms with Crippen molar-refractivity contribution in [2.45, 2.75) is 36.9 Å². The summed E-state index contributed by atoms with van der Waals surface area (Å²) in [6, 6.07) is 13.2. The smallest absolute Gasteiger partial charge is 0.335 e. The predicted molar refractivity (Wildman–Crippen MR) is 128 cm³/mol. The minimum absolute atomic E-state index is 0.0935. The Kier molecular flexibility index (Phi) is 8.13. The Morgan fingerprint density at radius 2 is 2.00 bits per heavy atom. The Balaban J connectivity index is 1.73. The molecule has 0 saturated carbocycles. The molecule has 8 nitrogen and oxygen atoms in total. The minimum atomic E-state index is -1.06. The van der Waals surface area contributed by atoms with Crippen molar-refractivity contribution in [3.05, 3.63) is 77.6 Å². The van der Waals surface area contributed by atoms with Gasteiger partial charge in [0, 0.05) is 12.2 Å². The molecule has 1 amide bonds. The summed E-state index contributed by atoms with van der Waals surface area (Å²) in [6.45, 7) is 7.79. The molecule has 0 spiro atoms. The van der Waals surface area contributed by atoms with Gasteiger partial charge in [-0.3, -0.25) is 9.36 Å². The van der Waals surface area contributed by atoms with Crippen molar-refractivity contribution in [3.8, 4) is 5.75 Å². The number of carbonyl (C=O) groups is 2. The van der Waals surface area contributed by atoms with Crippen LogP contribution < -0.4 is 10.1 Å². The van der Waals surface area contributed by atoms with Crippen molar-refractivity contribution in [2.75, 3.05) is 5.32 Å². The molecule has 3 rings (SSSR count). The molecule has 0 bridgehead atoms. The normalized spacial score (nSPS) is 12.6. The molecule has 1 aromatic heterocycles. The van der Waals surface area contributed by atoms with E-state index in [1.165, 1.54) is 23.9 Å². The van der Waals surface area contributed by atoms with Gasteiger partial charge in [-0.05, 0) is 44.2 Å².